The maximum absolute atomic E-state index is 2.52. The minimum absolute atomic E-state index is 1.01. The Morgan fingerprint density at radius 2 is 0.779 bits per heavy atom. The van der Waals surface area contributed by atoms with E-state index in [1.807, 2.05) is 0 Å². The fourth-order valence-electron chi connectivity index (χ4n) is 11.0. The van der Waals surface area contributed by atoms with E-state index < -0.39 is 0 Å². The predicted molar refractivity (Wildman–Crippen MR) is 292 cm³/mol. The number of aryl methyl sites for hydroxylation is 1. The van der Waals surface area contributed by atoms with Gasteiger partial charge in [0.2, 0.25) is 0 Å². The van der Waals surface area contributed by atoms with Gasteiger partial charge < -0.3 is 9.80 Å². The molecule has 2 heteroatoms. The van der Waals surface area contributed by atoms with Gasteiger partial charge >= 0.3 is 0 Å². The van der Waals surface area contributed by atoms with E-state index in [1.54, 1.807) is 0 Å². The molecule has 0 aliphatic heterocycles. The van der Waals surface area contributed by atoms with Crippen molar-refractivity contribution in [2.24, 2.45) is 0 Å². The lowest BCUT2D eigenvalue weighted by Gasteiger charge is -2.29. The molecule has 68 heavy (non-hydrogen) atoms. The Morgan fingerprint density at radius 3 is 1.37 bits per heavy atom. The second-order valence-electron chi connectivity index (χ2n) is 17.9. The van der Waals surface area contributed by atoms with Gasteiger partial charge in [-0.1, -0.05) is 188 Å². The normalized spacial score (nSPS) is 12.2. The Kier molecular flexibility index (Phi) is 9.68. The highest BCUT2D eigenvalue weighted by Gasteiger charge is 2.25. The summed E-state index contributed by atoms with van der Waals surface area (Å²) in [5.74, 6) is 0. The van der Waals surface area contributed by atoms with Crippen molar-refractivity contribution in [1.29, 1.82) is 0 Å². The highest BCUT2D eigenvalue weighted by Crippen LogP contribution is 2.51. The summed E-state index contributed by atoms with van der Waals surface area (Å²) in [7, 11) is 0. The molecule has 0 saturated heterocycles. The average molecular weight is 867 g/mol. The third kappa shape index (κ3) is 6.64. The van der Waals surface area contributed by atoms with Crippen LogP contribution in [0.5, 0.6) is 0 Å². The standard InChI is InChI=1S/C66H46N2/c1-4-22-47(23-5-1)65-58-40-38-52(68(50-29-8-3-9-30-50)64-37-19-26-46-21-11-15-33-55(46)64)44-62(58)66(60-42-48-24-12-13-31-53(48)56-34-16-17-35-57(56)60)59-41-39-51(43-61(59)65)67(49-27-6-2-7-28-49)63-36-18-25-45-20-10-14-32-54(45)63/h1-11,13-23,25-44H,12,24H2. The Bertz CT molecular complexity index is 3900. The van der Waals surface area contributed by atoms with Crippen LogP contribution < -0.4 is 9.80 Å². The van der Waals surface area contributed by atoms with Gasteiger partial charge in [-0.05, 0) is 156 Å². The number of benzene rings is 12. The topological polar surface area (TPSA) is 6.48 Å². The molecule has 2 nitrogen and oxygen atoms in total. The van der Waals surface area contributed by atoms with Crippen LogP contribution >= 0.6 is 0 Å². The number of rotatable bonds is 8. The first kappa shape index (κ1) is 39.6. The summed E-state index contributed by atoms with van der Waals surface area (Å²) in [6.07, 6.45) is 6.73. The molecule has 0 N–H and O–H groups in total. The quantitative estimate of drug-likeness (QED) is 0.140. The minimum Gasteiger partial charge on any atom is -0.310 e. The number of fused-ring (bicyclic) bond motifs is 7. The van der Waals surface area contributed by atoms with E-state index in [9.17, 15) is 0 Å². The molecule has 12 aromatic carbocycles. The largest absolute Gasteiger partial charge is 0.310 e. The lowest BCUT2D eigenvalue weighted by Crippen LogP contribution is -2.11. The van der Waals surface area contributed by atoms with E-state index in [1.165, 1.54) is 87.2 Å². The molecule has 0 bridgehead atoms. The monoisotopic (exact) mass is 866 g/mol. The van der Waals surface area contributed by atoms with Crippen LogP contribution in [0.4, 0.5) is 34.1 Å². The minimum atomic E-state index is 1.01. The van der Waals surface area contributed by atoms with Crippen LogP contribution in [0.2, 0.25) is 0 Å². The SMILES string of the molecule is C1=Cc2c(cc(-c3c4ccc(N(c5ccccc5)c5cccc6ccccc56)cc4c(-c4ccccc4)c4ccc(N(c5ccccc5)c5cccc6ccccc56)cc34)c3ccccc23)CC1. The maximum Gasteiger partial charge on any atom is 0.0540 e. The van der Waals surface area contributed by atoms with E-state index in [0.717, 1.165) is 47.0 Å². The molecule has 0 spiro atoms. The molecule has 320 valence electrons. The average Bonchev–Trinajstić information content (AvgIpc) is 3.41. The Labute approximate surface area is 396 Å². The molecule has 0 fully saturated rings. The molecule has 0 amide bonds. The van der Waals surface area contributed by atoms with Gasteiger partial charge in [-0.15, -0.1) is 0 Å². The smallest absolute Gasteiger partial charge is 0.0540 e. The highest BCUT2D eigenvalue weighted by atomic mass is 15.1. The van der Waals surface area contributed by atoms with Crippen molar-refractivity contribution in [1.82, 2.24) is 0 Å². The first-order chi connectivity index (χ1) is 33.8. The molecule has 1 aliphatic rings. The fourth-order valence-corrected chi connectivity index (χ4v) is 11.0. The van der Waals surface area contributed by atoms with Gasteiger partial charge in [-0.2, -0.15) is 0 Å². The molecule has 0 heterocycles. The Morgan fingerprint density at radius 1 is 0.309 bits per heavy atom. The zero-order valence-corrected chi connectivity index (χ0v) is 37.6. The molecule has 0 unspecified atom stereocenters. The molecule has 0 radical (unpaired) electrons. The van der Waals surface area contributed by atoms with Gasteiger partial charge in [0.05, 0.1) is 11.4 Å². The zero-order valence-electron chi connectivity index (χ0n) is 37.6. The van der Waals surface area contributed by atoms with Crippen molar-refractivity contribution in [3.05, 3.63) is 260 Å². The number of nitrogens with zero attached hydrogens (tertiary/aromatic N) is 2. The maximum atomic E-state index is 2.52. The second-order valence-corrected chi connectivity index (χ2v) is 17.9. The molecule has 0 saturated carbocycles. The van der Waals surface area contributed by atoms with E-state index in [2.05, 4.69) is 265 Å². The van der Waals surface area contributed by atoms with Gasteiger partial charge in [0.25, 0.3) is 0 Å². The van der Waals surface area contributed by atoms with Crippen LogP contribution in [0.25, 0.3) is 82.2 Å². The summed E-state index contributed by atoms with van der Waals surface area (Å²) in [6.45, 7) is 0. The number of anilines is 6. The third-order valence-corrected chi connectivity index (χ3v) is 14.0. The summed E-state index contributed by atoms with van der Waals surface area (Å²) < 4.78 is 0. The van der Waals surface area contributed by atoms with Crippen LogP contribution in [0, 0.1) is 0 Å². The zero-order chi connectivity index (χ0) is 45.0. The lowest BCUT2D eigenvalue weighted by atomic mass is 9.81. The summed E-state index contributed by atoms with van der Waals surface area (Å²) in [4.78, 5) is 4.88. The van der Waals surface area contributed by atoms with Gasteiger partial charge in [-0.3, -0.25) is 0 Å². The summed E-state index contributed by atoms with van der Waals surface area (Å²) in [5, 5.41) is 12.2. The molecule has 13 rings (SSSR count). The van der Waals surface area contributed by atoms with Gasteiger partial charge in [0, 0.05) is 33.5 Å². The summed E-state index contributed by atoms with van der Waals surface area (Å²) >= 11 is 0. The van der Waals surface area contributed by atoms with Crippen molar-refractivity contribution >= 4 is 94.1 Å². The van der Waals surface area contributed by atoms with Crippen LogP contribution in [-0.4, -0.2) is 0 Å². The third-order valence-electron chi connectivity index (χ3n) is 14.0. The number of para-hydroxylation sites is 2. The predicted octanol–water partition coefficient (Wildman–Crippen LogP) is 18.7. The molecule has 0 aromatic heterocycles. The van der Waals surface area contributed by atoms with E-state index in [-0.39, 0.29) is 0 Å². The van der Waals surface area contributed by atoms with Crippen LogP contribution in [0.3, 0.4) is 0 Å². The number of hydrogen-bond donors (Lipinski definition) is 0. The van der Waals surface area contributed by atoms with Crippen molar-refractivity contribution in [3.8, 4) is 22.3 Å². The van der Waals surface area contributed by atoms with E-state index in [0.29, 0.717) is 0 Å². The second kappa shape index (κ2) is 16.6. The van der Waals surface area contributed by atoms with Crippen LogP contribution in [0.1, 0.15) is 17.5 Å². The number of hydrogen-bond acceptors (Lipinski definition) is 2. The lowest BCUT2D eigenvalue weighted by molar-refractivity contribution is 0.990. The Balaban J connectivity index is 1.17. The van der Waals surface area contributed by atoms with Crippen molar-refractivity contribution in [2.75, 3.05) is 9.80 Å². The van der Waals surface area contributed by atoms with Crippen LogP contribution in [-0.2, 0) is 6.42 Å². The first-order valence-corrected chi connectivity index (χ1v) is 23.7. The van der Waals surface area contributed by atoms with Gasteiger partial charge in [-0.25, -0.2) is 0 Å². The number of allylic oxidation sites excluding steroid dienone is 1. The van der Waals surface area contributed by atoms with Gasteiger partial charge in [0.15, 0.2) is 0 Å². The highest BCUT2D eigenvalue weighted by molar-refractivity contribution is 6.25. The van der Waals surface area contributed by atoms with Crippen molar-refractivity contribution in [3.63, 3.8) is 0 Å². The van der Waals surface area contributed by atoms with E-state index in [4.69, 9.17) is 0 Å². The fraction of sp³-hybridized carbons (Fsp3) is 0.0303. The molecular weight excluding hydrogens is 821 g/mol. The molecule has 1 aliphatic carbocycles. The first-order valence-electron chi connectivity index (χ1n) is 23.7. The molecular formula is C66H46N2. The summed E-state index contributed by atoms with van der Waals surface area (Å²) in [6, 6.07) is 89.4. The molecule has 12 aromatic rings. The summed E-state index contributed by atoms with van der Waals surface area (Å²) in [5.41, 5.74) is 14.4. The molecule has 0 atom stereocenters. The van der Waals surface area contributed by atoms with Crippen molar-refractivity contribution < 1.29 is 0 Å². The van der Waals surface area contributed by atoms with Gasteiger partial charge in [0.1, 0.15) is 0 Å². The Hall–Kier alpha value is -8.72. The van der Waals surface area contributed by atoms with Crippen molar-refractivity contribution in [2.45, 2.75) is 12.8 Å². The van der Waals surface area contributed by atoms with Crippen LogP contribution in [0.15, 0.2) is 249 Å². The van der Waals surface area contributed by atoms with E-state index >= 15 is 0 Å².